The molecular formula is C12H24O. The average Bonchev–Trinajstić information content (AvgIpc) is 2.04. The van der Waals surface area contributed by atoms with Crippen LogP contribution >= 0.6 is 0 Å². The maximum atomic E-state index is 5.50. The van der Waals surface area contributed by atoms with Crippen LogP contribution in [0.5, 0.6) is 0 Å². The van der Waals surface area contributed by atoms with E-state index in [1.54, 1.807) is 0 Å². The zero-order valence-electron chi connectivity index (χ0n) is 9.60. The van der Waals surface area contributed by atoms with Gasteiger partial charge in [-0.05, 0) is 36.5 Å². The van der Waals surface area contributed by atoms with Gasteiger partial charge in [0.2, 0.25) is 0 Å². The van der Waals surface area contributed by atoms with Crippen LogP contribution in [0.2, 0.25) is 0 Å². The molecule has 0 aliphatic carbocycles. The highest BCUT2D eigenvalue weighted by atomic mass is 16.5. The molecule has 1 aliphatic heterocycles. The molecule has 1 saturated heterocycles. The van der Waals surface area contributed by atoms with Crippen molar-refractivity contribution in [3.8, 4) is 0 Å². The third-order valence-corrected chi connectivity index (χ3v) is 3.42. The lowest BCUT2D eigenvalue weighted by atomic mass is 9.76. The molecule has 1 heterocycles. The van der Waals surface area contributed by atoms with Crippen LogP contribution in [0.3, 0.4) is 0 Å². The summed E-state index contributed by atoms with van der Waals surface area (Å²) in [5.41, 5.74) is 0.456. The molecule has 1 heteroatoms. The third kappa shape index (κ3) is 3.68. The van der Waals surface area contributed by atoms with Crippen molar-refractivity contribution < 1.29 is 4.74 Å². The van der Waals surface area contributed by atoms with Crippen LogP contribution in [0.1, 0.15) is 47.0 Å². The van der Waals surface area contributed by atoms with Crippen LogP contribution in [0, 0.1) is 17.3 Å². The van der Waals surface area contributed by atoms with Gasteiger partial charge < -0.3 is 4.74 Å². The first-order valence-corrected chi connectivity index (χ1v) is 5.58. The minimum Gasteiger partial charge on any atom is -0.381 e. The molecule has 2 atom stereocenters. The monoisotopic (exact) mass is 184 g/mol. The van der Waals surface area contributed by atoms with Gasteiger partial charge >= 0.3 is 0 Å². The lowest BCUT2D eigenvalue weighted by molar-refractivity contribution is 0.0376. The molecule has 0 aromatic carbocycles. The topological polar surface area (TPSA) is 9.23 Å². The maximum Gasteiger partial charge on any atom is 0.0494 e. The highest BCUT2D eigenvalue weighted by molar-refractivity contribution is 4.74. The molecule has 0 amide bonds. The van der Waals surface area contributed by atoms with Crippen molar-refractivity contribution in [2.24, 2.45) is 17.3 Å². The summed E-state index contributed by atoms with van der Waals surface area (Å²) in [6.45, 7) is 11.4. The summed E-state index contributed by atoms with van der Waals surface area (Å²) >= 11 is 0. The minimum atomic E-state index is 0.456. The van der Waals surface area contributed by atoms with Crippen molar-refractivity contribution in [3.05, 3.63) is 0 Å². The Balaban J connectivity index is 2.30. The van der Waals surface area contributed by atoms with E-state index in [0.717, 1.165) is 25.0 Å². The Labute approximate surface area is 82.9 Å². The SMILES string of the molecule is CC(CC1CCCOC1)C(C)(C)C. The number of hydrogen-bond acceptors (Lipinski definition) is 1. The largest absolute Gasteiger partial charge is 0.381 e. The second-order valence-corrected chi connectivity index (χ2v) is 5.59. The molecule has 1 nitrogen and oxygen atoms in total. The Morgan fingerprint density at radius 3 is 2.54 bits per heavy atom. The van der Waals surface area contributed by atoms with Crippen molar-refractivity contribution in [2.45, 2.75) is 47.0 Å². The van der Waals surface area contributed by atoms with Gasteiger partial charge in [0.05, 0.1) is 0 Å². The van der Waals surface area contributed by atoms with E-state index in [2.05, 4.69) is 27.7 Å². The Morgan fingerprint density at radius 2 is 2.08 bits per heavy atom. The van der Waals surface area contributed by atoms with E-state index in [1.807, 2.05) is 0 Å². The summed E-state index contributed by atoms with van der Waals surface area (Å²) in [4.78, 5) is 0. The van der Waals surface area contributed by atoms with E-state index in [0.29, 0.717) is 5.41 Å². The highest BCUT2D eigenvalue weighted by Crippen LogP contribution is 2.32. The summed E-state index contributed by atoms with van der Waals surface area (Å²) in [7, 11) is 0. The predicted octanol–water partition coefficient (Wildman–Crippen LogP) is 3.49. The molecule has 0 N–H and O–H groups in total. The first-order valence-electron chi connectivity index (χ1n) is 5.58. The Kier molecular flexibility index (Phi) is 3.78. The smallest absolute Gasteiger partial charge is 0.0494 e. The van der Waals surface area contributed by atoms with E-state index in [4.69, 9.17) is 4.74 Å². The van der Waals surface area contributed by atoms with Gasteiger partial charge in [0.15, 0.2) is 0 Å². The number of ether oxygens (including phenoxy) is 1. The quantitative estimate of drug-likeness (QED) is 0.638. The normalized spacial score (nSPS) is 27.2. The van der Waals surface area contributed by atoms with E-state index in [9.17, 15) is 0 Å². The highest BCUT2D eigenvalue weighted by Gasteiger charge is 2.24. The molecule has 13 heavy (non-hydrogen) atoms. The average molecular weight is 184 g/mol. The van der Waals surface area contributed by atoms with Crippen LogP contribution in [0.25, 0.3) is 0 Å². The fourth-order valence-electron chi connectivity index (χ4n) is 1.85. The van der Waals surface area contributed by atoms with Gasteiger partial charge in [-0.2, -0.15) is 0 Å². The van der Waals surface area contributed by atoms with Crippen LogP contribution in [-0.4, -0.2) is 13.2 Å². The second-order valence-electron chi connectivity index (χ2n) is 5.59. The lowest BCUT2D eigenvalue weighted by Gasteiger charge is -2.32. The number of hydrogen-bond donors (Lipinski definition) is 0. The second kappa shape index (κ2) is 4.45. The molecule has 0 bridgehead atoms. The summed E-state index contributed by atoms with van der Waals surface area (Å²) in [6.07, 6.45) is 3.98. The van der Waals surface area contributed by atoms with Gasteiger partial charge in [-0.1, -0.05) is 27.7 Å². The molecule has 0 aromatic rings. The Bertz CT molecular complexity index is 140. The van der Waals surface area contributed by atoms with E-state index >= 15 is 0 Å². The zero-order valence-corrected chi connectivity index (χ0v) is 9.60. The van der Waals surface area contributed by atoms with Crippen LogP contribution in [-0.2, 0) is 4.74 Å². The molecule has 0 aromatic heterocycles. The van der Waals surface area contributed by atoms with Crippen molar-refractivity contribution >= 4 is 0 Å². The number of rotatable bonds is 2. The van der Waals surface area contributed by atoms with Gasteiger partial charge in [-0.15, -0.1) is 0 Å². The third-order valence-electron chi connectivity index (χ3n) is 3.42. The maximum absolute atomic E-state index is 5.50. The van der Waals surface area contributed by atoms with Gasteiger partial charge in [0.25, 0.3) is 0 Å². The van der Waals surface area contributed by atoms with Crippen molar-refractivity contribution in [2.75, 3.05) is 13.2 Å². The summed E-state index contributed by atoms with van der Waals surface area (Å²) in [6, 6.07) is 0. The molecule has 0 saturated carbocycles. The minimum absolute atomic E-state index is 0.456. The molecule has 1 fully saturated rings. The molecule has 78 valence electrons. The molecule has 0 spiro atoms. The van der Waals surface area contributed by atoms with Crippen LogP contribution in [0.4, 0.5) is 0 Å². The van der Waals surface area contributed by atoms with Crippen LogP contribution < -0.4 is 0 Å². The summed E-state index contributed by atoms with van der Waals surface area (Å²) in [5.74, 6) is 1.63. The molecule has 1 aliphatic rings. The van der Waals surface area contributed by atoms with Gasteiger partial charge in [-0.25, -0.2) is 0 Å². The standard InChI is InChI=1S/C12H24O/c1-10(12(2,3)4)8-11-6-5-7-13-9-11/h10-11H,5-9H2,1-4H3. The van der Waals surface area contributed by atoms with E-state index < -0.39 is 0 Å². The Morgan fingerprint density at radius 1 is 1.38 bits per heavy atom. The predicted molar refractivity (Wildman–Crippen MR) is 56.8 cm³/mol. The molecule has 0 radical (unpaired) electrons. The van der Waals surface area contributed by atoms with Gasteiger partial charge in [0.1, 0.15) is 0 Å². The first kappa shape index (κ1) is 11.0. The molecular weight excluding hydrogens is 160 g/mol. The van der Waals surface area contributed by atoms with E-state index in [1.165, 1.54) is 19.3 Å². The van der Waals surface area contributed by atoms with Crippen molar-refractivity contribution in [1.29, 1.82) is 0 Å². The lowest BCUT2D eigenvalue weighted by Crippen LogP contribution is -2.25. The van der Waals surface area contributed by atoms with Crippen molar-refractivity contribution in [3.63, 3.8) is 0 Å². The van der Waals surface area contributed by atoms with E-state index in [-0.39, 0.29) is 0 Å². The zero-order chi connectivity index (χ0) is 9.90. The van der Waals surface area contributed by atoms with Gasteiger partial charge in [0, 0.05) is 13.2 Å². The fourth-order valence-corrected chi connectivity index (χ4v) is 1.85. The first-order chi connectivity index (χ1) is 6.00. The fraction of sp³-hybridized carbons (Fsp3) is 1.00. The molecule has 2 unspecified atom stereocenters. The summed E-state index contributed by atoms with van der Waals surface area (Å²) in [5, 5.41) is 0. The van der Waals surface area contributed by atoms with Gasteiger partial charge in [-0.3, -0.25) is 0 Å². The molecule has 1 rings (SSSR count). The Hall–Kier alpha value is -0.0400. The van der Waals surface area contributed by atoms with Crippen LogP contribution in [0.15, 0.2) is 0 Å². The summed E-state index contributed by atoms with van der Waals surface area (Å²) < 4.78 is 5.50. The van der Waals surface area contributed by atoms with Crippen molar-refractivity contribution in [1.82, 2.24) is 0 Å².